The molecule has 1 N–H and O–H groups in total. The third-order valence-electron chi connectivity index (χ3n) is 3.12. The Morgan fingerprint density at radius 2 is 1.80 bits per heavy atom. The molecule has 106 valence electrons. The van der Waals surface area contributed by atoms with Gasteiger partial charge >= 0.3 is 0 Å². The van der Waals surface area contributed by atoms with E-state index in [9.17, 15) is 0 Å². The highest BCUT2D eigenvalue weighted by Crippen LogP contribution is 2.17. The average molecular weight is 272 g/mol. The molecule has 2 aromatic rings. The van der Waals surface area contributed by atoms with Crippen LogP contribution in [-0.4, -0.2) is 25.7 Å². The maximum Gasteiger partial charge on any atom is 0.217 e. The standard InChI is InChI=1S/C16H20N2O2/c1-19-15-8-4-3-6-13(15)9-11-17-12-14-7-5-10-18-16(14)20-2/h3-8,10,17H,9,11-12H2,1-2H3. The second kappa shape index (κ2) is 7.50. The molecule has 4 heteroatoms. The lowest BCUT2D eigenvalue weighted by Crippen LogP contribution is -2.17. The minimum Gasteiger partial charge on any atom is -0.496 e. The molecule has 0 bridgehead atoms. The fourth-order valence-corrected chi connectivity index (χ4v) is 2.10. The van der Waals surface area contributed by atoms with Gasteiger partial charge in [-0.3, -0.25) is 0 Å². The van der Waals surface area contributed by atoms with Crippen LogP contribution in [0.5, 0.6) is 11.6 Å². The van der Waals surface area contributed by atoms with Crippen molar-refractivity contribution in [2.75, 3.05) is 20.8 Å². The minimum absolute atomic E-state index is 0.678. The van der Waals surface area contributed by atoms with Gasteiger partial charge in [-0.15, -0.1) is 0 Å². The highest BCUT2D eigenvalue weighted by molar-refractivity contribution is 5.33. The smallest absolute Gasteiger partial charge is 0.217 e. The predicted molar refractivity (Wildman–Crippen MR) is 79.2 cm³/mol. The molecular weight excluding hydrogens is 252 g/mol. The van der Waals surface area contributed by atoms with Crippen molar-refractivity contribution in [1.29, 1.82) is 0 Å². The summed E-state index contributed by atoms with van der Waals surface area (Å²) in [5.41, 5.74) is 2.27. The van der Waals surface area contributed by atoms with E-state index in [1.165, 1.54) is 5.56 Å². The molecule has 2 rings (SSSR count). The first-order chi connectivity index (χ1) is 9.85. The molecule has 20 heavy (non-hydrogen) atoms. The van der Waals surface area contributed by atoms with Gasteiger partial charge in [0.25, 0.3) is 0 Å². The van der Waals surface area contributed by atoms with Crippen LogP contribution in [0.2, 0.25) is 0 Å². The summed E-state index contributed by atoms with van der Waals surface area (Å²) in [4.78, 5) is 4.18. The fraction of sp³-hybridized carbons (Fsp3) is 0.312. The average Bonchev–Trinajstić information content (AvgIpc) is 2.52. The number of rotatable bonds is 7. The van der Waals surface area contributed by atoms with Crippen LogP contribution in [0.4, 0.5) is 0 Å². The van der Waals surface area contributed by atoms with E-state index in [2.05, 4.69) is 16.4 Å². The highest BCUT2D eigenvalue weighted by Gasteiger charge is 2.04. The number of ether oxygens (including phenoxy) is 2. The van der Waals surface area contributed by atoms with Gasteiger partial charge in [-0.1, -0.05) is 24.3 Å². The molecule has 0 atom stereocenters. The first kappa shape index (κ1) is 14.3. The minimum atomic E-state index is 0.678. The van der Waals surface area contributed by atoms with Crippen molar-refractivity contribution in [3.63, 3.8) is 0 Å². The van der Waals surface area contributed by atoms with E-state index in [0.29, 0.717) is 5.88 Å². The van der Waals surface area contributed by atoms with E-state index in [0.717, 1.165) is 30.8 Å². The van der Waals surface area contributed by atoms with E-state index < -0.39 is 0 Å². The van der Waals surface area contributed by atoms with Gasteiger partial charge < -0.3 is 14.8 Å². The van der Waals surface area contributed by atoms with Crippen molar-refractivity contribution in [3.8, 4) is 11.6 Å². The second-order valence-corrected chi connectivity index (χ2v) is 4.41. The normalized spacial score (nSPS) is 10.3. The Hall–Kier alpha value is -2.07. The van der Waals surface area contributed by atoms with Crippen molar-refractivity contribution in [3.05, 3.63) is 53.7 Å². The molecule has 0 aliphatic rings. The third-order valence-corrected chi connectivity index (χ3v) is 3.12. The van der Waals surface area contributed by atoms with E-state index in [1.807, 2.05) is 30.3 Å². The van der Waals surface area contributed by atoms with Crippen LogP contribution in [0.1, 0.15) is 11.1 Å². The molecule has 0 spiro atoms. The van der Waals surface area contributed by atoms with Gasteiger partial charge in [-0.2, -0.15) is 0 Å². The largest absolute Gasteiger partial charge is 0.496 e. The number of benzene rings is 1. The van der Waals surface area contributed by atoms with Gasteiger partial charge in [-0.25, -0.2) is 4.98 Å². The molecule has 1 aromatic heterocycles. The molecule has 0 amide bonds. The molecule has 0 aliphatic carbocycles. The van der Waals surface area contributed by atoms with E-state index in [1.54, 1.807) is 20.4 Å². The molecule has 0 aliphatic heterocycles. The summed E-state index contributed by atoms with van der Waals surface area (Å²) in [6.07, 6.45) is 2.66. The summed E-state index contributed by atoms with van der Waals surface area (Å²) in [5, 5.41) is 3.40. The van der Waals surface area contributed by atoms with Crippen LogP contribution in [-0.2, 0) is 13.0 Å². The van der Waals surface area contributed by atoms with Gasteiger partial charge in [0, 0.05) is 18.3 Å². The molecule has 0 saturated heterocycles. The van der Waals surface area contributed by atoms with Crippen molar-refractivity contribution in [2.45, 2.75) is 13.0 Å². The van der Waals surface area contributed by atoms with Crippen molar-refractivity contribution in [1.82, 2.24) is 10.3 Å². The summed E-state index contributed by atoms with van der Waals surface area (Å²) in [6, 6.07) is 12.0. The molecular formula is C16H20N2O2. The number of pyridine rings is 1. The van der Waals surface area contributed by atoms with Gasteiger partial charge in [0.2, 0.25) is 5.88 Å². The van der Waals surface area contributed by atoms with Crippen LogP contribution in [0.3, 0.4) is 0 Å². The SMILES string of the molecule is COc1ccccc1CCNCc1cccnc1OC. The zero-order chi connectivity index (χ0) is 14.2. The van der Waals surface area contributed by atoms with Crippen LogP contribution in [0.25, 0.3) is 0 Å². The van der Waals surface area contributed by atoms with Crippen molar-refractivity contribution >= 4 is 0 Å². The molecule has 0 radical (unpaired) electrons. The number of methoxy groups -OCH3 is 2. The first-order valence-corrected chi connectivity index (χ1v) is 6.65. The summed E-state index contributed by atoms with van der Waals surface area (Å²) in [7, 11) is 3.34. The number of hydrogen-bond acceptors (Lipinski definition) is 4. The Balaban J connectivity index is 1.84. The van der Waals surface area contributed by atoms with Crippen LogP contribution < -0.4 is 14.8 Å². The first-order valence-electron chi connectivity index (χ1n) is 6.65. The summed E-state index contributed by atoms with van der Waals surface area (Å²) in [5.74, 6) is 1.62. The van der Waals surface area contributed by atoms with Crippen molar-refractivity contribution < 1.29 is 9.47 Å². The zero-order valence-corrected chi connectivity index (χ0v) is 11.9. The van der Waals surface area contributed by atoms with E-state index >= 15 is 0 Å². The van der Waals surface area contributed by atoms with Gasteiger partial charge in [0.1, 0.15) is 5.75 Å². The maximum atomic E-state index is 5.34. The second-order valence-electron chi connectivity index (χ2n) is 4.41. The Bertz CT molecular complexity index is 494. The Kier molecular flexibility index (Phi) is 5.38. The van der Waals surface area contributed by atoms with E-state index in [4.69, 9.17) is 9.47 Å². The maximum absolute atomic E-state index is 5.34. The summed E-state index contributed by atoms with van der Waals surface area (Å²) < 4.78 is 10.6. The third kappa shape index (κ3) is 3.71. The lowest BCUT2D eigenvalue weighted by Gasteiger charge is -2.10. The van der Waals surface area contributed by atoms with Crippen LogP contribution >= 0.6 is 0 Å². The molecule has 4 nitrogen and oxygen atoms in total. The van der Waals surface area contributed by atoms with Crippen LogP contribution in [0.15, 0.2) is 42.6 Å². The molecule has 1 heterocycles. The highest BCUT2D eigenvalue weighted by atomic mass is 16.5. The molecule has 1 aromatic carbocycles. The number of nitrogens with one attached hydrogen (secondary N) is 1. The Labute approximate surface area is 119 Å². The van der Waals surface area contributed by atoms with Gasteiger partial charge in [-0.05, 0) is 30.7 Å². The number of para-hydroxylation sites is 1. The van der Waals surface area contributed by atoms with Crippen molar-refractivity contribution in [2.24, 2.45) is 0 Å². The summed E-state index contributed by atoms with van der Waals surface area (Å²) in [6.45, 7) is 1.62. The topological polar surface area (TPSA) is 43.4 Å². The predicted octanol–water partition coefficient (Wildman–Crippen LogP) is 2.43. The Morgan fingerprint density at radius 3 is 2.60 bits per heavy atom. The molecule has 0 fully saturated rings. The molecule has 0 saturated carbocycles. The van der Waals surface area contributed by atoms with Gasteiger partial charge in [0.05, 0.1) is 14.2 Å². The van der Waals surface area contributed by atoms with E-state index in [-0.39, 0.29) is 0 Å². The lowest BCUT2D eigenvalue weighted by atomic mass is 10.1. The number of hydrogen-bond donors (Lipinski definition) is 1. The Morgan fingerprint density at radius 1 is 1.00 bits per heavy atom. The zero-order valence-electron chi connectivity index (χ0n) is 11.9. The lowest BCUT2D eigenvalue weighted by molar-refractivity contribution is 0.390. The quantitative estimate of drug-likeness (QED) is 0.786. The fourth-order valence-electron chi connectivity index (χ4n) is 2.10. The number of nitrogens with zero attached hydrogens (tertiary/aromatic N) is 1. The number of aromatic nitrogens is 1. The summed E-state index contributed by atoms with van der Waals surface area (Å²) >= 11 is 0. The van der Waals surface area contributed by atoms with Gasteiger partial charge in [0.15, 0.2) is 0 Å². The monoisotopic (exact) mass is 272 g/mol. The molecule has 0 unspecified atom stereocenters. The van der Waals surface area contributed by atoms with Crippen LogP contribution in [0, 0.1) is 0 Å².